The van der Waals surface area contributed by atoms with Gasteiger partial charge in [-0.05, 0) is 68.7 Å². The van der Waals surface area contributed by atoms with E-state index in [0.717, 1.165) is 48.9 Å². The van der Waals surface area contributed by atoms with Crippen molar-refractivity contribution < 1.29 is 23.0 Å². The Morgan fingerprint density at radius 1 is 1.22 bits per heavy atom. The summed E-state index contributed by atoms with van der Waals surface area (Å²) in [6.45, 7) is 4.95. The number of nitrogens with zero attached hydrogens (tertiary/aromatic N) is 6. The fourth-order valence-corrected chi connectivity index (χ4v) is 8.27. The number of amides is 1. The average Bonchev–Trinajstić information content (AvgIpc) is 3.82. The predicted molar refractivity (Wildman–Crippen MR) is 184 cm³/mol. The minimum atomic E-state index is -0.890. The maximum Gasteiger partial charge on any atom is 0.318 e. The highest BCUT2D eigenvalue weighted by molar-refractivity contribution is 6.45. The fraction of sp³-hybridized carbons (Fsp3) is 0.600. The number of aliphatic imine (C=N–C) groups is 1. The molecule has 2 aromatic rings. The van der Waals surface area contributed by atoms with Crippen molar-refractivity contribution in [3.05, 3.63) is 50.6 Å². The van der Waals surface area contributed by atoms with E-state index in [9.17, 15) is 9.18 Å². The van der Waals surface area contributed by atoms with Gasteiger partial charge in [-0.2, -0.15) is 9.97 Å². The molecule has 7 rings (SSSR count). The van der Waals surface area contributed by atoms with Gasteiger partial charge < -0.3 is 30.7 Å². The number of benzene rings is 1. The average molecular weight is 699 g/mol. The van der Waals surface area contributed by atoms with Gasteiger partial charge in [-0.25, -0.2) is 8.78 Å². The minimum Gasteiger partial charge on any atom is -0.461 e. The molecule has 1 unspecified atom stereocenters. The standard InChI is InChI=1S/C35H45ClF2N8O3/c1-19-12-23(39)30(38)28(27(19)20-6-7-20)26-13-24-22(17-48-26)32(43-34(42-24)49-18-35-8-4-11-46(35)15-21(37)14-35)45-10-5-9-41-25(16-45)29(36)31(40)33(47)44(2)3/h12,20-21,26H,4-11,13-18,39-40H2,1-3H3/t21-,26?,35+/m1/s1. The number of nitrogen functional groups attached to an aromatic ring is 1. The molecule has 49 heavy (non-hydrogen) atoms. The first kappa shape index (κ1) is 33.9. The van der Waals surface area contributed by atoms with Crippen molar-refractivity contribution in [3.8, 4) is 6.01 Å². The molecule has 0 radical (unpaired) electrons. The summed E-state index contributed by atoms with van der Waals surface area (Å²) < 4.78 is 43.3. The Balaban J connectivity index is 1.25. The molecule has 264 valence electrons. The zero-order valence-corrected chi connectivity index (χ0v) is 29.2. The third-order valence-corrected chi connectivity index (χ3v) is 11.1. The summed E-state index contributed by atoms with van der Waals surface area (Å²) in [6, 6.07) is 1.89. The highest BCUT2D eigenvalue weighted by atomic mass is 35.5. The molecule has 5 heterocycles. The summed E-state index contributed by atoms with van der Waals surface area (Å²) in [5, 5.41) is 0.101. The van der Waals surface area contributed by atoms with Crippen LogP contribution in [0.3, 0.4) is 0 Å². The maximum atomic E-state index is 15.9. The van der Waals surface area contributed by atoms with Gasteiger partial charge in [0.25, 0.3) is 5.91 Å². The zero-order chi connectivity index (χ0) is 34.6. The Morgan fingerprint density at radius 3 is 2.78 bits per heavy atom. The third kappa shape index (κ3) is 6.45. The molecule has 4 N–H and O–H groups in total. The molecule has 1 saturated carbocycles. The minimum absolute atomic E-state index is 0.0822. The van der Waals surface area contributed by atoms with Gasteiger partial charge in [0.2, 0.25) is 0 Å². The Kier molecular flexibility index (Phi) is 9.20. The lowest BCUT2D eigenvalue weighted by Gasteiger charge is -2.33. The molecule has 1 aromatic heterocycles. The molecular formula is C35H45ClF2N8O3. The monoisotopic (exact) mass is 698 g/mol. The predicted octanol–water partition coefficient (Wildman–Crippen LogP) is 4.30. The van der Waals surface area contributed by atoms with E-state index < -0.39 is 24.0 Å². The quantitative estimate of drug-likeness (QED) is 0.306. The van der Waals surface area contributed by atoms with Crippen LogP contribution in [0.2, 0.25) is 0 Å². The number of carbonyl (C=O) groups excluding carboxylic acids is 1. The van der Waals surface area contributed by atoms with Crippen molar-refractivity contribution in [1.82, 2.24) is 19.8 Å². The van der Waals surface area contributed by atoms with E-state index in [-0.39, 0.29) is 53.6 Å². The molecule has 3 fully saturated rings. The number of anilines is 2. The molecular weight excluding hydrogens is 654 g/mol. The second-order valence-electron chi connectivity index (χ2n) is 14.4. The summed E-state index contributed by atoms with van der Waals surface area (Å²) in [5.74, 6) is 0.0372. The van der Waals surface area contributed by atoms with Crippen LogP contribution in [0.15, 0.2) is 21.8 Å². The van der Waals surface area contributed by atoms with E-state index in [0.29, 0.717) is 61.7 Å². The Labute approximate surface area is 290 Å². The molecule has 3 atom stereocenters. The highest BCUT2D eigenvalue weighted by Crippen LogP contribution is 2.49. The number of fused-ring (bicyclic) bond motifs is 2. The molecule has 1 aromatic carbocycles. The van der Waals surface area contributed by atoms with Crippen LogP contribution in [0, 0.1) is 12.7 Å². The molecule has 4 aliphatic heterocycles. The second-order valence-corrected chi connectivity index (χ2v) is 14.7. The first-order chi connectivity index (χ1) is 23.5. The van der Waals surface area contributed by atoms with Gasteiger partial charge in [0.15, 0.2) is 5.82 Å². The molecule has 2 saturated heterocycles. The van der Waals surface area contributed by atoms with Crippen molar-refractivity contribution in [1.29, 1.82) is 0 Å². The molecule has 0 spiro atoms. The van der Waals surface area contributed by atoms with E-state index >= 15 is 4.39 Å². The number of halogens is 3. The van der Waals surface area contributed by atoms with E-state index in [1.165, 1.54) is 4.90 Å². The largest absolute Gasteiger partial charge is 0.461 e. The lowest BCUT2D eigenvalue weighted by molar-refractivity contribution is -0.124. The summed E-state index contributed by atoms with van der Waals surface area (Å²) in [4.78, 5) is 32.7. The normalized spacial score (nSPS) is 26.1. The molecule has 1 aliphatic carbocycles. The van der Waals surface area contributed by atoms with Crippen LogP contribution in [-0.2, 0) is 22.6 Å². The fourth-order valence-electron chi connectivity index (χ4n) is 8.07. The van der Waals surface area contributed by atoms with E-state index in [1.807, 2.05) is 11.8 Å². The van der Waals surface area contributed by atoms with E-state index in [2.05, 4.69) is 9.89 Å². The molecule has 1 amide bonds. The van der Waals surface area contributed by atoms with Gasteiger partial charge in [-0.15, -0.1) is 0 Å². The highest BCUT2D eigenvalue weighted by Gasteiger charge is 2.49. The van der Waals surface area contributed by atoms with Crippen LogP contribution in [-0.4, -0.2) is 96.5 Å². The van der Waals surface area contributed by atoms with Gasteiger partial charge in [0.1, 0.15) is 24.3 Å². The summed E-state index contributed by atoms with van der Waals surface area (Å²) in [7, 11) is 3.22. The molecule has 0 bridgehead atoms. The number of rotatable bonds is 8. The second kappa shape index (κ2) is 13.3. The van der Waals surface area contributed by atoms with Crippen molar-refractivity contribution in [3.63, 3.8) is 0 Å². The molecule has 11 nitrogen and oxygen atoms in total. The van der Waals surface area contributed by atoms with Crippen LogP contribution in [0.4, 0.5) is 20.3 Å². The van der Waals surface area contributed by atoms with Crippen LogP contribution in [0.25, 0.3) is 0 Å². The number of alkyl halides is 1. The van der Waals surface area contributed by atoms with Gasteiger partial charge in [0.05, 0.1) is 46.9 Å². The summed E-state index contributed by atoms with van der Waals surface area (Å²) >= 11 is 6.69. The summed E-state index contributed by atoms with van der Waals surface area (Å²) in [6.07, 6.45) is 3.77. The number of carbonyl (C=O) groups is 1. The van der Waals surface area contributed by atoms with Gasteiger partial charge >= 0.3 is 6.01 Å². The first-order valence-electron chi connectivity index (χ1n) is 17.2. The zero-order valence-electron chi connectivity index (χ0n) is 28.4. The van der Waals surface area contributed by atoms with E-state index in [4.69, 9.17) is 42.5 Å². The van der Waals surface area contributed by atoms with Crippen LogP contribution in [0.1, 0.15) is 78.5 Å². The van der Waals surface area contributed by atoms with Gasteiger partial charge in [0, 0.05) is 57.7 Å². The number of aromatic nitrogens is 2. The Hall–Kier alpha value is -3.55. The molecule has 5 aliphatic rings. The van der Waals surface area contributed by atoms with E-state index in [1.54, 1.807) is 20.2 Å². The lowest BCUT2D eigenvalue weighted by Crippen LogP contribution is -2.43. The van der Waals surface area contributed by atoms with Crippen molar-refractivity contribution >= 4 is 34.7 Å². The summed E-state index contributed by atoms with van der Waals surface area (Å²) in [5.41, 5.74) is 16.4. The SMILES string of the molecule is Cc1cc(N)c(F)c(C2Cc3nc(OC[C@@]45CCCN4C[C@H](F)C5)nc(N4CCCN=C(C(Cl)=C(N)C(=O)N(C)C)C4)c3CO2)c1C1CC1. The number of ether oxygens (including phenoxy) is 2. The smallest absolute Gasteiger partial charge is 0.318 e. The maximum absolute atomic E-state index is 15.9. The lowest BCUT2D eigenvalue weighted by atomic mass is 9.89. The third-order valence-electron chi connectivity index (χ3n) is 10.6. The number of hydrogen-bond acceptors (Lipinski definition) is 10. The number of likely N-dealkylation sites (N-methyl/N-ethyl adjacent to an activating group) is 1. The van der Waals surface area contributed by atoms with Crippen molar-refractivity contribution in [2.75, 3.05) is 64.1 Å². The molecule has 14 heteroatoms. The number of hydrogen-bond donors (Lipinski definition) is 2. The number of aryl methyl sites for hydroxylation is 1. The van der Waals surface area contributed by atoms with Gasteiger partial charge in [-0.3, -0.25) is 14.7 Å². The van der Waals surface area contributed by atoms with Crippen LogP contribution in [0.5, 0.6) is 6.01 Å². The first-order valence-corrected chi connectivity index (χ1v) is 17.6. The Bertz CT molecular complexity index is 1720. The number of nitrogens with two attached hydrogens (primary N) is 2. The van der Waals surface area contributed by atoms with Crippen molar-refractivity contribution in [2.24, 2.45) is 10.7 Å². The van der Waals surface area contributed by atoms with Crippen LogP contribution >= 0.6 is 11.6 Å². The van der Waals surface area contributed by atoms with Crippen LogP contribution < -0.4 is 21.1 Å². The van der Waals surface area contributed by atoms with Gasteiger partial charge in [-0.1, -0.05) is 11.6 Å². The van der Waals surface area contributed by atoms with Crippen molar-refractivity contribution in [2.45, 2.75) is 82.2 Å². The topological polar surface area (TPSA) is 135 Å². The Morgan fingerprint density at radius 2 is 2.02 bits per heavy atom.